The summed E-state index contributed by atoms with van der Waals surface area (Å²) in [5, 5.41) is 2.74. The van der Waals surface area contributed by atoms with Crippen LogP contribution in [0, 0.1) is 5.92 Å². The average molecular weight is 337 g/mol. The standard InChI is InChI=1S/C14H22F3N3O3/c15-14(16,17)10-20-6-5-19(9-12(20)21)13(22)18-4-1-11-2-7-23-8-3-11/h11H,1-10H2,(H,18,22). The van der Waals surface area contributed by atoms with Crippen LogP contribution < -0.4 is 5.32 Å². The minimum absolute atomic E-state index is 0.0915. The van der Waals surface area contributed by atoms with Gasteiger partial charge in [-0.2, -0.15) is 13.2 Å². The molecule has 0 aromatic carbocycles. The van der Waals surface area contributed by atoms with Crippen LogP contribution in [-0.2, 0) is 9.53 Å². The number of piperazine rings is 1. The van der Waals surface area contributed by atoms with Crippen LogP contribution in [0.4, 0.5) is 18.0 Å². The summed E-state index contributed by atoms with van der Waals surface area (Å²) >= 11 is 0. The zero-order valence-electron chi connectivity index (χ0n) is 12.9. The highest BCUT2D eigenvalue weighted by atomic mass is 19.4. The molecule has 1 N–H and O–H groups in total. The zero-order valence-corrected chi connectivity index (χ0v) is 12.9. The van der Waals surface area contributed by atoms with Crippen molar-refractivity contribution in [2.45, 2.75) is 25.4 Å². The third-order valence-corrected chi connectivity index (χ3v) is 4.15. The van der Waals surface area contributed by atoms with E-state index in [0.29, 0.717) is 12.5 Å². The number of hydrogen-bond donors (Lipinski definition) is 1. The van der Waals surface area contributed by atoms with E-state index in [2.05, 4.69) is 5.32 Å². The van der Waals surface area contributed by atoms with Crippen LogP contribution in [0.2, 0.25) is 0 Å². The first kappa shape index (κ1) is 17.8. The van der Waals surface area contributed by atoms with E-state index in [0.717, 1.165) is 37.4 Å². The highest BCUT2D eigenvalue weighted by Crippen LogP contribution is 2.19. The van der Waals surface area contributed by atoms with Gasteiger partial charge in [-0.15, -0.1) is 0 Å². The second kappa shape index (κ2) is 7.85. The van der Waals surface area contributed by atoms with Gasteiger partial charge in [0.05, 0.1) is 0 Å². The Morgan fingerprint density at radius 2 is 1.96 bits per heavy atom. The SMILES string of the molecule is O=C1CN(C(=O)NCCC2CCOCC2)CCN1CC(F)(F)F. The Morgan fingerprint density at radius 1 is 1.26 bits per heavy atom. The average Bonchev–Trinajstić information content (AvgIpc) is 2.49. The van der Waals surface area contributed by atoms with Crippen LogP contribution in [0.3, 0.4) is 0 Å². The molecule has 2 aliphatic heterocycles. The number of carbonyl (C=O) groups is 2. The summed E-state index contributed by atoms with van der Waals surface area (Å²) in [6.07, 6.45) is -1.62. The maximum atomic E-state index is 12.3. The van der Waals surface area contributed by atoms with Crippen molar-refractivity contribution in [3.05, 3.63) is 0 Å². The molecule has 2 rings (SSSR count). The van der Waals surface area contributed by atoms with Crippen molar-refractivity contribution in [3.63, 3.8) is 0 Å². The minimum Gasteiger partial charge on any atom is -0.381 e. The molecule has 0 aliphatic carbocycles. The molecule has 0 bridgehead atoms. The van der Waals surface area contributed by atoms with Gasteiger partial charge < -0.3 is 19.9 Å². The van der Waals surface area contributed by atoms with Crippen LogP contribution in [0.5, 0.6) is 0 Å². The number of nitrogens with zero attached hydrogens (tertiary/aromatic N) is 2. The summed E-state index contributed by atoms with van der Waals surface area (Å²) in [7, 11) is 0. The molecular formula is C14H22F3N3O3. The predicted octanol–water partition coefficient (Wildman–Crippen LogP) is 1.22. The molecule has 23 heavy (non-hydrogen) atoms. The van der Waals surface area contributed by atoms with Crippen molar-refractivity contribution in [1.29, 1.82) is 0 Å². The fraction of sp³-hybridized carbons (Fsp3) is 0.857. The molecule has 0 aromatic heterocycles. The Morgan fingerprint density at radius 3 is 2.57 bits per heavy atom. The zero-order chi connectivity index (χ0) is 16.9. The van der Waals surface area contributed by atoms with Crippen LogP contribution in [0.25, 0.3) is 0 Å². The van der Waals surface area contributed by atoms with Crippen LogP contribution in [-0.4, -0.2) is 73.9 Å². The molecule has 0 saturated carbocycles. The molecule has 0 atom stereocenters. The molecule has 2 aliphatic rings. The van der Waals surface area contributed by atoms with Gasteiger partial charge in [0.25, 0.3) is 0 Å². The molecule has 3 amide bonds. The van der Waals surface area contributed by atoms with Gasteiger partial charge in [-0.1, -0.05) is 0 Å². The van der Waals surface area contributed by atoms with Crippen molar-refractivity contribution < 1.29 is 27.5 Å². The van der Waals surface area contributed by atoms with E-state index in [-0.39, 0.29) is 19.6 Å². The molecule has 9 heteroatoms. The summed E-state index contributed by atoms with van der Waals surface area (Å²) in [6, 6.07) is -0.392. The van der Waals surface area contributed by atoms with E-state index < -0.39 is 24.7 Å². The fourth-order valence-corrected chi connectivity index (χ4v) is 2.80. The van der Waals surface area contributed by atoms with Crippen molar-refractivity contribution in [2.75, 3.05) is 45.9 Å². The lowest BCUT2D eigenvalue weighted by molar-refractivity contribution is -0.164. The monoisotopic (exact) mass is 337 g/mol. The fourth-order valence-electron chi connectivity index (χ4n) is 2.80. The van der Waals surface area contributed by atoms with E-state index >= 15 is 0 Å². The predicted molar refractivity (Wildman–Crippen MR) is 75.8 cm³/mol. The third kappa shape index (κ3) is 5.89. The number of halogens is 3. The summed E-state index contributed by atoms with van der Waals surface area (Å²) in [6.45, 7) is 0.448. The maximum absolute atomic E-state index is 12.3. The van der Waals surface area contributed by atoms with Crippen molar-refractivity contribution in [3.8, 4) is 0 Å². The van der Waals surface area contributed by atoms with Crippen molar-refractivity contribution in [1.82, 2.24) is 15.1 Å². The Labute approximate surface area is 132 Å². The van der Waals surface area contributed by atoms with Gasteiger partial charge in [0.2, 0.25) is 5.91 Å². The number of carbonyl (C=O) groups excluding carboxylic acids is 2. The molecule has 6 nitrogen and oxygen atoms in total. The van der Waals surface area contributed by atoms with Gasteiger partial charge in [0, 0.05) is 32.8 Å². The van der Waals surface area contributed by atoms with Crippen LogP contribution in [0.15, 0.2) is 0 Å². The van der Waals surface area contributed by atoms with Gasteiger partial charge in [-0.3, -0.25) is 4.79 Å². The molecule has 2 heterocycles. The number of alkyl halides is 3. The summed E-state index contributed by atoms with van der Waals surface area (Å²) in [5.41, 5.74) is 0. The maximum Gasteiger partial charge on any atom is 0.406 e. The number of ether oxygens (including phenoxy) is 1. The van der Waals surface area contributed by atoms with E-state index in [4.69, 9.17) is 4.74 Å². The van der Waals surface area contributed by atoms with Gasteiger partial charge in [-0.05, 0) is 25.2 Å². The first-order valence-electron chi connectivity index (χ1n) is 7.80. The molecular weight excluding hydrogens is 315 g/mol. The largest absolute Gasteiger partial charge is 0.406 e. The number of rotatable bonds is 4. The lowest BCUT2D eigenvalue weighted by Crippen LogP contribution is -2.56. The van der Waals surface area contributed by atoms with Gasteiger partial charge >= 0.3 is 12.2 Å². The molecule has 0 aromatic rings. The second-order valence-electron chi connectivity index (χ2n) is 5.93. The third-order valence-electron chi connectivity index (χ3n) is 4.15. The van der Waals surface area contributed by atoms with Crippen LogP contribution in [0.1, 0.15) is 19.3 Å². The Bertz CT molecular complexity index is 425. The van der Waals surface area contributed by atoms with Gasteiger partial charge in [0.1, 0.15) is 13.1 Å². The normalized spacial score (nSPS) is 20.7. The quantitative estimate of drug-likeness (QED) is 0.839. The minimum atomic E-state index is -4.41. The summed E-state index contributed by atoms with van der Waals surface area (Å²) < 4.78 is 42.2. The number of urea groups is 1. The Balaban J connectivity index is 1.69. The van der Waals surface area contributed by atoms with Gasteiger partial charge in [-0.25, -0.2) is 4.79 Å². The Hall–Kier alpha value is -1.51. The molecule has 132 valence electrons. The number of amides is 3. The van der Waals surface area contributed by atoms with E-state index in [1.165, 1.54) is 4.90 Å². The molecule has 2 saturated heterocycles. The molecule has 0 radical (unpaired) electrons. The van der Waals surface area contributed by atoms with Gasteiger partial charge in [0.15, 0.2) is 0 Å². The van der Waals surface area contributed by atoms with E-state index in [9.17, 15) is 22.8 Å². The first-order chi connectivity index (χ1) is 10.8. The van der Waals surface area contributed by atoms with Crippen molar-refractivity contribution in [2.24, 2.45) is 5.92 Å². The second-order valence-corrected chi connectivity index (χ2v) is 5.93. The lowest BCUT2D eigenvalue weighted by Gasteiger charge is -2.34. The number of hydrogen-bond acceptors (Lipinski definition) is 3. The Kier molecular flexibility index (Phi) is 6.09. The van der Waals surface area contributed by atoms with Crippen molar-refractivity contribution >= 4 is 11.9 Å². The van der Waals surface area contributed by atoms with Crippen LogP contribution >= 0.6 is 0 Å². The molecule has 0 spiro atoms. The molecule has 2 fully saturated rings. The smallest absolute Gasteiger partial charge is 0.381 e. The lowest BCUT2D eigenvalue weighted by atomic mass is 9.97. The van der Waals surface area contributed by atoms with E-state index in [1.54, 1.807) is 0 Å². The highest BCUT2D eigenvalue weighted by Gasteiger charge is 2.36. The van der Waals surface area contributed by atoms with E-state index in [1.807, 2.05) is 0 Å². The highest BCUT2D eigenvalue weighted by molar-refractivity contribution is 5.85. The number of nitrogens with one attached hydrogen (secondary N) is 1. The topological polar surface area (TPSA) is 61.9 Å². The molecule has 0 unspecified atom stereocenters. The summed E-state index contributed by atoms with van der Waals surface area (Å²) in [5.74, 6) is -0.150. The first-order valence-corrected chi connectivity index (χ1v) is 7.80. The summed E-state index contributed by atoms with van der Waals surface area (Å²) in [4.78, 5) is 25.7.